The maximum absolute atomic E-state index is 12.8. The summed E-state index contributed by atoms with van der Waals surface area (Å²) in [6.07, 6.45) is 87.7. The van der Waals surface area contributed by atoms with E-state index in [1.165, 1.54) is 167 Å². The van der Waals surface area contributed by atoms with E-state index in [-0.39, 0.29) is 32.0 Å². The van der Waals surface area contributed by atoms with E-state index in [0.717, 1.165) is 83.5 Å². The number of ether oxygens (including phenoxy) is 2. The molecule has 0 aliphatic heterocycles. The molecule has 0 rings (SSSR count). The largest absolute Gasteiger partial charge is 0.472 e. The maximum atomic E-state index is 12.8. The molecule has 0 aliphatic rings. The fraction of sp³-hybridized carbons (Fsp3) is 0.722. The van der Waals surface area contributed by atoms with Gasteiger partial charge in [-0.3, -0.25) is 18.6 Å². The Balaban J connectivity index is 4.15. The topological polar surface area (TPSA) is 108 Å². The van der Waals surface area contributed by atoms with Crippen molar-refractivity contribution >= 4 is 19.8 Å². The van der Waals surface area contributed by atoms with Crippen LogP contribution in [0.15, 0.2) is 109 Å². The number of allylic oxidation sites excluding steroid dienone is 18. The van der Waals surface area contributed by atoms with E-state index < -0.39 is 26.5 Å². The minimum Gasteiger partial charge on any atom is -0.462 e. The summed E-state index contributed by atoms with van der Waals surface area (Å²) in [5.41, 5.74) is 0. The lowest BCUT2D eigenvalue weighted by atomic mass is 10.0. The first kappa shape index (κ1) is 78.7. The molecular weight excluding hydrogens is 1040 g/mol. The summed E-state index contributed by atoms with van der Waals surface area (Å²) in [6.45, 7) is 4.29. The minimum atomic E-state index is -4.41. The van der Waals surface area contributed by atoms with Crippen LogP contribution in [0.3, 0.4) is 0 Å². The minimum absolute atomic E-state index is 0.0183. The van der Waals surface area contributed by atoms with Crippen molar-refractivity contribution in [1.29, 1.82) is 0 Å². The monoisotopic (exact) mass is 1160 g/mol. The third-order valence-electron chi connectivity index (χ3n) is 14.3. The van der Waals surface area contributed by atoms with Gasteiger partial charge in [0.25, 0.3) is 0 Å². The van der Waals surface area contributed by atoms with Crippen LogP contribution < -0.4 is 0 Å². The van der Waals surface area contributed by atoms with Gasteiger partial charge in [-0.1, -0.05) is 277 Å². The van der Waals surface area contributed by atoms with Gasteiger partial charge in [0, 0.05) is 12.8 Å². The van der Waals surface area contributed by atoms with E-state index in [2.05, 4.69) is 123 Å². The van der Waals surface area contributed by atoms with Crippen LogP contribution in [0.25, 0.3) is 0 Å². The molecule has 9 nitrogen and oxygen atoms in total. The number of likely N-dealkylation sites (N-methyl/N-ethyl adjacent to an activating group) is 1. The number of nitrogens with zero attached hydrogens (tertiary/aromatic N) is 1. The maximum Gasteiger partial charge on any atom is 0.472 e. The highest BCUT2D eigenvalue weighted by atomic mass is 31.2. The van der Waals surface area contributed by atoms with Crippen LogP contribution >= 0.6 is 7.82 Å². The molecule has 0 aromatic heterocycles. The van der Waals surface area contributed by atoms with Gasteiger partial charge in [0.1, 0.15) is 19.8 Å². The molecule has 0 saturated heterocycles. The summed E-state index contributed by atoms with van der Waals surface area (Å²) < 4.78 is 34.6. The summed E-state index contributed by atoms with van der Waals surface area (Å²) in [4.78, 5) is 35.8. The predicted octanol–water partition coefficient (Wildman–Crippen LogP) is 21.7. The number of hydrogen-bond donors (Lipinski definition) is 1. The highest BCUT2D eigenvalue weighted by Gasteiger charge is 2.27. The van der Waals surface area contributed by atoms with Crippen molar-refractivity contribution in [1.82, 2.24) is 0 Å². The van der Waals surface area contributed by atoms with Crippen LogP contribution in [-0.4, -0.2) is 74.9 Å². The van der Waals surface area contributed by atoms with Gasteiger partial charge in [-0.05, 0) is 103 Å². The molecule has 10 heteroatoms. The van der Waals surface area contributed by atoms with E-state index in [1.54, 1.807) is 0 Å². The molecule has 472 valence electrons. The molecule has 0 aromatic carbocycles. The Hall–Kier alpha value is -3.33. The van der Waals surface area contributed by atoms with Crippen molar-refractivity contribution < 1.29 is 42.1 Å². The van der Waals surface area contributed by atoms with Gasteiger partial charge < -0.3 is 18.9 Å². The molecule has 0 fully saturated rings. The number of quaternary nitrogens is 1. The zero-order valence-electron chi connectivity index (χ0n) is 53.7. The van der Waals surface area contributed by atoms with Crippen LogP contribution in [-0.2, 0) is 32.7 Å². The molecule has 0 radical (unpaired) electrons. The van der Waals surface area contributed by atoms with Gasteiger partial charge in [0.2, 0.25) is 0 Å². The van der Waals surface area contributed by atoms with Gasteiger partial charge in [-0.2, -0.15) is 0 Å². The number of esters is 2. The summed E-state index contributed by atoms with van der Waals surface area (Å²) >= 11 is 0. The summed E-state index contributed by atoms with van der Waals surface area (Å²) in [5, 5.41) is 0. The van der Waals surface area contributed by atoms with E-state index in [4.69, 9.17) is 18.5 Å². The second kappa shape index (κ2) is 62.2. The van der Waals surface area contributed by atoms with Crippen molar-refractivity contribution in [2.45, 2.75) is 290 Å². The smallest absolute Gasteiger partial charge is 0.462 e. The van der Waals surface area contributed by atoms with Crippen LogP contribution in [0, 0.1) is 0 Å². The number of phosphoric acid groups is 1. The number of rotatable bonds is 61. The fourth-order valence-corrected chi connectivity index (χ4v) is 9.89. The molecule has 2 unspecified atom stereocenters. The SMILES string of the molecule is CC/C=C\C/C=C\C/C=C\C/C=C\C/C=C\C/C=C\C/C=C\C/C=C\CCCCC(=O)OC(COC(=O)CCCCCCCCCCCCCCCCCCCCC/C=C\CCCCCCCCCC)COP(=O)(O)OCC[N+](C)(C)C. The number of unbranched alkanes of at least 4 members (excludes halogenated alkanes) is 29. The van der Waals surface area contributed by atoms with Gasteiger partial charge >= 0.3 is 19.8 Å². The van der Waals surface area contributed by atoms with Gasteiger partial charge in [-0.15, -0.1) is 0 Å². The molecular formula is C72H127NO8P+. The average Bonchev–Trinajstić information content (AvgIpc) is 3.46. The fourth-order valence-electron chi connectivity index (χ4n) is 9.15. The Bertz CT molecular complexity index is 1750. The number of phosphoric ester groups is 1. The average molecular weight is 1170 g/mol. The Morgan fingerprint density at radius 3 is 1.07 bits per heavy atom. The quantitative estimate of drug-likeness (QED) is 0.0211. The molecule has 1 N–H and O–H groups in total. The van der Waals surface area contributed by atoms with Crippen molar-refractivity contribution in [3.05, 3.63) is 109 Å². The van der Waals surface area contributed by atoms with Crippen molar-refractivity contribution in [2.75, 3.05) is 47.5 Å². The summed E-state index contributed by atoms with van der Waals surface area (Å²) in [6, 6.07) is 0. The van der Waals surface area contributed by atoms with E-state index in [9.17, 15) is 19.0 Å². The van der Waals surface area contributed by atoms with E-state index in [0.29, 0.717) is 17.4 Å². The summed E-state index contributed by atoms with van der Waals surface area (Å²) in [7, 11) is 1.44. The van der Waals surface area contributed by atoms with Gasteiger partial charge in [0.05, 0.1) is 27.7 Å². The first-order valence-electron chi connectivity index (χ1n) is 33.6. The molecule has 2 atom stereocenters. The highest BCUT2D eigenvalue weighted by molar-refractivity contribution is 7.47. The van der Waals surface area contributed by atoms with Crippen molar-refractivity contribution in [3.8, 4) is 0 Å². The third kappa shape index (κ3) is 65.8. The number of carbonyl (C=O) groups excluding carboxylic acids is 2. The molecule has 0 saturated carbocycles. The second-order valence-corrected chi connectivity index (χ2v) is 24.9. The molecule has 82 heavy (non-hydrogen) atoms. The third-order valence-corrected chi connectivity index (χ3v) is 15.3. The lowest BCUT2D eigenvalue weighted by Crippen LogP contribution is -2.37. The molecule has 0 bridgehead atoms. The molecule has 0 heterocycles. The summed E-state index contributed by atoms with van der Waals surface area (Å²) in [5.74, 6) is -0.847. The normalized spacial score (nSPS) is 13.9. The molecule has 0 aromatic rings. The van der Waals surface area contributed by atoms with Crippen LogP contribution in [0.1, 0.15) is 284 Å². The zero-order chi connectivity index (χ0) is 59.8. The second-order valence-electron chi connectivity index (χ2n) is 23.5. The number of hydrogen-bond acceptors (Lipinski definition) is 7. The highest BCUT2D eigenvalue weighted by Crippen LogP contribution is 2.43. The Labute approximate surface area is 506 Å². The zero-order valence-corrected chi connectivity index (χ0v) is 54.6. The van der Waals surface area contributed by atoms with Gasteiger partial charge in [0.15, 0.2) is 6.10 Å². The van der Waals surface area contributed by atoms with Gasteiger partial charge in [-0.25, -0.2) is 4.57 Å². The van der Waals surface area contributed by atoms with E-state index in [1.807, 2.05) is 21.1 Å². The molecule has 0 spiro atoms. The predicted molar refractivity (Wildman–Crippen MR) is 353 cm³/mol. The van der Waals surface area contributed by atoms with Crippen molar-refractivity contribution in [2.24, 2.45) is 0 Å². The molecule has 0 aliphatic carbocycles. The lowest BCUT2D eigenvalue weighted by Gasteiger charge is -2.24. The lowest BCUT2D eigenvalue weighted by molar-refractivity contribution is -0.870. The van der Waals surface area contributed by atoms with Crippen LogP contribution in [0.5, 0.6) is 0 Å². The van der Waals surface area contributed by atoms with Crippen LogP contribution in [0.4, 0.5) is 0 Å². The number of carbonyl (C=O) groups is 2. The first-order chi connectivity index (χ1) is 40.0. The van der Waals surface area contributed by atoms with Crippen LogP contribution in [0.2, 0.25) is 0 Å². The van der Waals surface area contributed by atoms with E-state index >= 15 is 0 Å². The molecule has 0 amide bonds. The Morgan fingerprint density at radius 2 is 0.695 bits per heavy atom. The van der Waals surface area contributed by atoms with Crippen molar-refractivity contribution in [3.63, 3.8) is 0 Å². The Morgan fingerprint density at radius 1 is 0.390 bits per heavy atom. The first-order valence-corrected chi connectivity index (χ1v) is 35.1. The standard InChI is InChI=1S/C72H126NO8P/c1-6-8-10-12-14-16-18-20-22-24-26-28-30-32-34-35-36-37-39-40-42-44-46-48-50-52-54-56-58-60-62-64-71(74)78-68-70(69-80-82(76,77)79-67-66-73(3,4)5)81-72(75)65-63-61-59-57-55-53-51-49-47-45-43-41-38-33-31-29-27-25-23-21-19-17-15-13-11-9-7-2/h9,11,15,17,21,23-24,26-27,29,33,38,43,45,49,51,55,57,70H,6-8,10,12-14,16,18-20,22,25,28,30-32,34-37,39-42,44,46-48,50,52-54,56,58-69H2,1-5H3/p+1/b11-9-,17-15-,23-21-,26-24-,29-27-,38-33-,45-43-,51-49-,57-55-. The Kier molecular flexibility index (Phi) is 59.7.